The fourth-order valence-corrected chi connectivity index (χ4v) is 2.75. The number of aromatic nitrogens is 3. The first-order valence-electron chi connectivity index (χ1n) is 7.47. The second-order valence-electron chi connectivity index (χ2n) is 5.52. The Morgan fingerprint density at radius 1 is 1.08 bits per heavy atom. The van der Waals surface area contributed by atoms with E-state index in [1.807, 2.05) is 23.5 Å². The molecule has 0 fully saturated rings. The number of rotatable bonds is 2. The van der Waals surface area contributed by atoms with Crippen molar-refractivity contribution in [2.24, 2.45) is 0 Å². The predicted octanol–water partition coefficient (Wildman–Crippen LogP) is 3.15. The van der Waals surface area contributed by atoms with Crippen molar-refractivity contribution in [2.45, 2.75) is 6.92 Å². The van der Waals surface area contributed by atoms with Gasteiger partial charge in [-0.05, 0) is 31.2 Å². The van der Waals surface area contributed by atoms with Gasteiger partial charge >= 0.3 is 0 Å². The van der Waals surface area contributed by atoms with Crippen LogP contribution in [0.3, 0.4) is 0 Å². The van der Waals surface area contributed by atoms with Crippen LogP contribution in [0.5, 0.6) is 5.75 Å². The molecule has 6 heteroatoms. The molecule has 0 saturated carbocycles. The van der Waals surface area contributed by atoms with Gasteiger partial charge in [0.2, 0.25) is 0 Å². The van der Waals surface area contributed by atoms with Crippen molar-refractivity contribution < 1.29 is 9.90 Å². The Morgan fingerprint density at radius 2 is 1.88 bits per heavy atom. The molecule has 2 N–H and O–H groups in total. The van der Waals surface area contributed by atoms with Gasteiger partial charge in [0.05, 0.1) is 0 Å². The third-order valence-corrected chi connectivity index (χ3v) is 3.99. The molecule has 1 amide bonds. The maximum absolute atomic E-state index is 12.6. The number of aromatic hydroxyl groups is 1. The van der Waals surface area contributed by atoms with E-state index in [4.69, 9.17) is 0 Å². The first kappa shape index (κ1) is 14.2. The van der Waals surface area contributed by atoms with Crippen LogP contribution in [-0.2, 0) is 0 Å². The van der Waals surface area contributed by atoms with E-state index in [0.717, 1.165) is 11.2 Å². The number of phenolic OH excluding ortho intramolecular Hbond substituents is 1. The molecule has 2 heterocycles. The number of nitrogens with zero attached hydrogens (tertiary/aromatic N) is 3. The Bertz CT molecular complexity index is 1080. The zero-order chi connectivity index (χ0) is 16.7. The molecular weight excluding hydrogens is 304 g/mol. The number of anilines is 1. The highest BCUT2D eigenvalue weighted by atomic mass is 16.3. The van der Waals surface area contributed by atoms with Crippen LogP contribution in [0.25, 0.3) is 16.4 Å². The molecule has 0 bridgehead atoms. The van der Waals surface area contributed by atoms with E-state index >= 15 is 0 Å². The van der Waals surface area contributed by atoms with Crippen molar-refractivity contribution >= 4 is 28.0 Å². The summed E-state index contributed by atoms with van der Waals surface area (Å²) in [4.78, 5) is 12.6. The van der Waals surface area contributed by atoms with E-state index in [1.54, 1.807) is 42.6 Å². The number of carbonyl (C=O) groups is 1. The molecule has 2 aromatic heterocycles. The molecule has 4 aromatic rings. The molecule has 0 unspecified atom stereocenters. The number of carbonyl (C=O) groups excluding carboxylic acids is 1. The van der Waals surface area contributed by atoms with Gasteiger partial charge in [0.1, 0.15) is 11.6 Å². The molecule has 0 radical (unpaired) electrons. The molecule has 4 rings (SSSR count). The molecule has 24 heavy (non-hydrogen) atoms. The van der Waals surface area contributed by atoms with Gasteiger partial charge in [-0.25, -0.2) is 0 Å². The lowest BCUT2D eigenvalue weighted by molar-refractivity contribution is 0.102. The summed E-state index contributed by atoms with van der Waals surface area (Å²) in [5.74, 6) is 0.708. The normalized spacial score (nSPS) is 11.0. The molecule has 0 saturated heterocycles. The molecule has 6 nitrogen and oxygen atoms in total. The smallest absolute Gasteiger partial charge is 0.255 e. The fraction of sp³-hybridized carbons (Fsp3) is 0.0556. The average Bonchev–Trinajstić information content (AvgIpc) is 2.96. The molecular formula is C18H14N4O2. The summed E-state index contributed by atoms with van der Waals surface area (Å²) in [6.07, 6.45) is 1.77. The van der Waals surface area contributed by atoms with Crippen LogP contribution in [-0.4, -0.2) is 25.6 Å². The van der Waals surface area contributed by atoms with Crippen LogP contribution in [0.15, 0.2) is 54.7 Å². The maximum Gasteiger partial charge on any atom is 0.255 e. The molecule has 0 aliphatic rings. The number of benzene rings is 2. The highest BCUT2D eigenvalue weighted by Gasteiger charge is 2.11. The molecule has 0 spiro atoms. The van der Waals surface area contributed by atoms with Gasteiger partial charge in [0.15, 0.2) is 5.65 Å². The van der Waals surface area contributed by atoms with E-state index in [-0.39, 0.29) is 11.7 Å². The Labute approximate surface area is 137 Å². The summed E-state index contributed by atoms with van der Waals surface area (Å²) in [5.41, 5.74) is 1.76. The van der Waals surface area contributed by atoms with Crippen molar-refractivity contribution in [3.63, 3.8) is 0 Å². The Morgan fingerprint density at radius 3 is 2.75 bits per heavy atom. The molecule has 118 valence electrons. The van der Waals surface area contributed by atoms with Crippen molar-refractivity contribution in [2.75, 3.05) is 5.32 Å². The van der Waals surface area contributed by atoms with E-state index in [9.17, 15) is 9.90 Å². The lowest BCUT2D eigenvalue weighted by atomic mass is 10.1. The number of hydrogen-bond acceptors (Lipinski definition) is 4. The minimum atomic E-state index is -0.242. The minimum absolute atomic E-state index is 0.184. The van der Waals surface area contributed by atoms with E-state index in [2.05, 4.69) is 15.5 Å². The summed E-state index contributed by atoms with van der Waals surface area (Å²) >= 11 is 0. The van der Waals surface area contributed by atoms with Crippen molar-refractivity contribution in [3.05, 3.63) is 66.1 Å². The van der Waals surface area contributed by atoms with Crippen LogP contribution < -0.4 is 5.32 Å². The van der Waals surface area contributed by atoms with Crippen LogP contribution >= 0.6 is 0 Å². The molecule has 2 aromatic carbocycles. The first-order valence-corrected chi connectivity index (χ1v) is 7.47. The lowest BCUT2D eigenvalue weighted by Crippen LogP contribution is -2.12. The van der Waals surface area contributed by atoms with Crippen molar-refractivity contribution in [1.29, 1.82) is 0 Å². The number of amides is 1. The second kappa shape index (κ2) is 5.34. The number of fused-ring (bicyclic) bond motifs is 2. The van der Waals surface area contributed by atoms with Crippen molar-refractivity contribution in [1.82, 2.24) is 14.6 Å². The minimum Gasteiger partial charge on any atom is -0.507 e. The van der Waals surface area contributed by atoms with Gasteiger partial charge in [-0.2, -0.15) is 0 Å². The third-order valence-electron chi connectivity index (χ3n) is 3.99. The number of aryl methyl sites for hydroxylation is 1. The van der Waals surface area contributed by atoms with Crippen LogP contribution in [0.4, 0.5) is 5.69 Å². The van der Waals surface area contributed by atoms with Gasteiger partial charge in [0, 0.05) is 28.2 Å². The molecule has 0 aliphatic carbocycles. The Hall–Kier alpha value is -3.41. The number of pyridine rings is 1. The summed E-state index contributed by atoms with van der Waals surface area (Å²) < 4.78 is 1.81. The monoisotopic (exact) mass is 318 g/mol. The molecule has 0 atom stereocenters. The van der Waals surface area contributed by atoms with Crippen molar-refractivity contribution in [3.8, 4) is 5.75 Å². The number of phenols is 1. The predicted molar refractivity (Wildman–Crippen MR) is 91.3 cm³/mol. The zero-order valence-electron chi connectivity index (χ0n) is 12.9. The van der Waals surface area contributed by atoms with E-state index in [0.29, 0.717) is 22.3 Å². The fourth-order valence-electron chi connectivity index (χ4n) is 2.75. The Balaban J connectivity index is 1.72. The maximum atomic E-state index is 12.6. The largest absolute Gasteiger partial charge is 0.507 e. The SMILES string of the molecule is Cc1nnc2cc(C(=O)Nc3cccc4c(O)cccc34)ccn12. The van der Waals surface area contributed by atoms with E-state index in [1.165, 1.54) is 0 Å². The first-order chi connectivity index (χ1) is 11.6. The van der Waals surface area contributed by atoms with Gasteiger partial charge in [-0.3, -0.25) is 9.20 Å². The Kier molecular flexibility index (Phi) is 3.16. The summed E-state index contributed by atoms with van der Waals surface area (Å²) in [5, 5.41) is 22.3. The summed E-state index contributed by atoms with van der Waals surface area (Å²) in [7, 11) is 0. The average molecular weight is 318 g/mol. The third kappa shape index (κ3) is 2.25. The quantitative estimate of drug-likeness (QED) is 0.595. The molecule has 0 aliphatic heterocycles. The highest BCUT2D eigenvalue weighted by molar-refractivity contribution is 6.10. The van der Waals surface area contributed by atoms with Crippen LogP contribution in [0.2, 0.25) is 0 Å². The summed E-state index contributed by atoms with van der Waals surface area (Å²) in [6.45, 7) is 1.85. The topological polar surface area (TPSA) is 79.5 Å². The van der Waals surface area contributed by atoms with Gasteiger partial charge in [0.25, 0.3) is 5.91 Å². The summed E-state index contributed by atoms with van der Waals surface area (Å²) in [6, 6.07) is 14.1. The van der Waals surface area contributed by atoms with Gasteiger partial charge in [-0.15, -0.1) is 10.2 Å². The number of nitrogens with one attached hydrogen (secondary N) is 1. The standard InChI is InChI=1S/C18H14N4O2/c1-11-20-21-17-10-12(8-9-22(11)17)18(24)19-15-6-2-5-14-13(15)4-3-7-16(14)23/h2-10,23H,1H3,(H,19,24). The highest BCUT2D eigenvalue weighted by Crippen LogP contribution is 2.30. The zero-order valence-corrected chi connectivity index (χ0v) is 12.9. The second-order valence-corrected chi connectivity index (χ2v) is 5.52. The van der Waals surface area contributed by atoms with Crippen LogP contribution in [0, 0.1) is 6.92 Å². The number of hydrogen-bond donors (Lipinski definition) is 2. The van der Waals surface area contributed by atoms with Crippen LogP contribution in [0.1, 0.15) is 16.2 Å². The van der Waals surface area contributed by atoms with E-state index < -0.39 is 0 Å². The lowest BCUT2D eigenvalue weighted by Gasteiger charge is -2.10. The van der Waals surface area contributed by atoms with Gasteiger partial charge in [-0.1, -0.05) is 24.3 Å². The van der Waals surface area contributed by atoms with Gasteiger partial charge < -0.3 is 10.4 Å².